The number of rotatable bonds is 2. The Morgan fingerprint density at radius 3 is 1.51 bits per heavy atom. The van der Waals surface area contributed by atoms with Gasteiger partial charge in [0.05, 0.1) is 5.41 Å². The van der Waals surface area contributed by atoms with Crippen molar-refractivity contribution in [3.63, 3.8) is 0 Å². The Hall–Kier alpha value is -7.80. The highest BCUT2D eigenvalue weighted by Crippen LogP contribution is 2.66. The first-order valence-corrected chi connectivity index (χ1v) is 21.5. The van der Waals surface area contributed by atoms with Gasteiger partial charge in [-0.3, -0.25) is 0 Å². The van der Waals surface area contributed by atoms with Crippen LogP contribution in [0.5, 0.6) is 0 Å². The van der Waals surface area contributed by atoms with Gasteiger partial charge in [0.2, 0.25) is 0 Å². The fourth-order valence-electron chi connectivity index (χ4n) is 12.4. The smallest absolute Gasteiger partial charge is 0.0619 e. The molecule has 61 heavy (non-hydrogen) atoms. The van der Waals surface area contributed by atoms with E-state index in [4.69, 9.17) is 0 Å². The van der Waals surface area contributed by atoms with Crippen molar-refractivity contribution in [1.29, 1.82) is 0 Å². The molecule has 13 aromatic rings. The lowest BCUT2D eigenvalue weighted by Gasteiger charge is -2.32. The third kappa shape index (κ3) is 3.84. The van der Waals surface area contributed by atoms with Crippen LogP contribution in [0.4, 0.5) is 0 Å². The Balaban J connectivity index is 1.05. The highest BCUT2D eigenvalue weighted by atomic mass is 14.5. The highest BCUT2D eigenvalue weighted by Gasteiger charge is 2.53. The van der Waals surface area contributed by atoms with Gasteiger partial charge in [-0.2, -0.15) is 0 Å². The summed E-state index contributed by atoms with van der Waals surface area (Å²) in [6.07, 6.45) is 0. The minimum Gasteiger partial charge on any atom is -0.0619 e. The second kappa shape index (κ2) is 11.3. The van der Waals surface area contributed by atoms with Crippen LogP contribution in [0.2, 0.25) is 0 Å². The number of fused-ring (bicyclic) bond motifs is 13. The molecule has 0 heterocycles. The van der Waals surface area contributed by atoms with Gasteiger partial charge in [0.1, 0.15) is 0 Å². The zero-order valence-corrected chi connectivity index (χ0v) is 33.1. The molecule has 0 saturated heterocycles. The zero-order chi connectivity index (χ0) is 39.6. The van der Waals surface area contributed by atoms with Crippen molar-refractivity contribution in [3.05, 3.63) is 229 Å². The molecular weight excluding hydrogens is 733 g/mol. The molecule has 0 heteroatoms. The van der Waals surface area contributed by atoms with Crippen LogP contribution >= 0.6 is 0 Å². The van der Waals surface area contributed by atoms with Crippen LogP contribution in [0.1, 0.15) is 22.3 Å². The summed E-state index contributed by atoms with van der Waals surface area (Å²) >= 11 is 0. The van der Waals surface area contributed by atoms with Crippen LogP contribution in [-0.4, -0.2) is 0 Å². The minimum absolute atomic E-state index is 0.432. The second-order valence-electron chi connectivity index (χ2n) is 17.4. The molecule has 0 N–H and O–H groups in total. The molecule has 0 aliphatic heterocycles. The van der Waals surface area contributed by atoms with E-state index in [-0.39, 0.29) is 0 Å². The zero-order valence-electron chi connectivity index (χ0n) is 33.1. The van der Waals surface area contributed by atoms with E-state index >= 15 is 0 Å². The first-order chi connectivity index (χ1) is 30.3. The molecule has 278 valence electrons. The van der Waals surface area contributed by atoms with Crippen LogP contribution < -0.4 is 0 Å². The van der Waals surface area contributed by atoms with Gasteiger partial charge in [-0.15, -0.1) is 0 Å². The van der Waals surface area contributed by atoms with Gasteiger partial charge in [0.25, 0.3) is 0 Å². The molecular formula is C61H34. The van der Waals surface area contributed by atoms with Crippen LogP contribution in [0.25, 0.3) is 120 Å². The lowest BCUT2D eigenvalue weighted by Crippen LogP contribution is -2.26. The Morgan fingerprint density at radius 2 is 0.754 bits per heavy atom. The number of hydrogen-bond donors (Lipinski definition) is 0. The fraction of sp³-hybridized carbons (Fsp3) is 0.0164. The standard InChI is InChI=1S/C61H34/c1-2-12-38-33-39(24-23-35(38)11-1)41-29-25-36-28-32-47-42(30-26-37-27-31-46(41)55(36)56(37)47)51-34-40-13-9-18-49-57(40)58-45(51)17-10-19-50(58)60-59(49)48-16-5-8-22-54(48)61(60)52-20-6-3-14-43(52)44-15-4-7-21-53(44)61/h1-34H. The first-order valence-electron chi connectivity index (χ1n) is 21.5. The van der Waals surface area contributed by atoms with Crippen molar-refractivity contribution in [1.82, 2.24) is 0 Å². The van der Waals surface area contributed by atoms with Crippen LogP contribution in [0.3, 0.4) is 0 Å². The van der Waals surface area contributed by atoms with Crippen LogP contribution in [-0.2, 0) is 5.41 Å². The largest absolute Gasteiger partial charge is 0.0731 e. The molecule has 15 rings (SSSR count). The molecule has 0 fully saturated rings. The van der Waals surface area contributed by atoms with Gasteiger partial charge in [0, 0.05) is 0 Å². The molecule has 0 amide bonds. The van der Waals surface area contributed by atoms with Crippen molar-refractivity contribution >= 4 is 75.4 Å². The average Bonchev–Trinajstić information content (AvgIpc) is 3.80. The molecule has 0 unspecified atom stereocenters. The van der Waals surface area contributed by atoms with Crippen molar-refractivity contribution < 1.29 is 0 Å². The summed E-state index contributed by atoms with van der Waals surface area (Å²) in [6, 6.07) is 78.6. The number of hydrogen-bond acceptors (Lipinski definition) is 0. The van der Waals surface area contributed by atoms with Gasteiger partial charge in [-0.05, 0) is 154 Å². The summed E-state index contributed by atoms with van der Waals surface area (Å²) in [5.74, 6) is 0. The van der Waals surface area contributed by atoms with Gasteiger partial charge in [-0.1, -0.05) is 194 Å². The van der Waals surface area contributed by atoms with E-state index in [0.717, 1.165) is 0 Å². The van der Waals surface area contributed by atoms with Crippen molar-refractivity contribution in [2.45, 2.75) is 5.41 Å². The maximum Gasteiger partial charge on any atom is 0.0731 e. The SMILES string of the molecule is c1ccc2c(c1)-c1ccccc1C21c2ccccc2-c2c1c1cccc3c(-c4ccc5ccc6c(-c7ccc8ccccc8c7)ccc7ccc4c5c76)cc4cccc2c4c31. The van der Waals surface area contributed by atoms with Crippen LogP contribution in [0.15, 0.2) is 206 Å². The van der Waals surface area contributed by atoms with Gasteiger partial charge in [-0.25, -0.2) is 0 Å². The van der Waals surface area contributed by atoms with E-state index in [1.54, 1.807) is 0 Å². The molecule has 2 aliphatic rings. The average molecular weight is 767 g/mol. The summed E-state index contributed by atoms with van der Waals surface area (Å²) < 4.78 is 0. The molecule has 2 aliphatic carbocycles. The maximum atomic E-state index is 2.49. The molecule has 0 nitrogen and oxygen atoms in total. The topological polar surface area (TPSA) is 0 Å². The third-order valence-electron chi connectivity index (χ3n) is 14.7. The Kier molecular flexibility index (Phi) is 5.93. The molecule has 0 radical (unpaired) electrons. The Labute approximate surface area is 352 Å². The molecule has 13 aromatic carbocycles. The molecule has 0 saturated carbocycles. The molecule has 0 aromatic heterocycles. The molecule has 0 atom stereocenters. The van der Waals surface area contributed by atoms with Crippen LogP contribution in [0, 0.1) is 0 Å². The number of benzene rings is 13. The molecule has 0 bridgehead atoms. The van der Waals surface area contributed by atoms with E-state index in [2.05, 4.69) is 206 Å². The van der Waals surface area contributed by atoms with Crippen molar-refractivity contribution in [2.75, 3.05) is 0 Å². The monoisotopic (exact) mass is 766 g/mol. The Bertz CT molecular complexity index is 4000. The van der Waals surface area contributed by atoms with Crippen molar-refractivity contribution in [3.8, 4) is 44.5 Å². The summed E-state index contributed by atoms with van der Waals surface area (Å²) in [4.78, 5) is 0. The second-order valence-corrected chi connectivity index (χ2v) is 17.4. The third-order valence-corrected chi connectivity index (χ3v) is 14.7. The fourth-order valence-corrected chi connectivity index (χ4v) is 12.4. The van der Waals surface area contributed by atoms with Gasteiger partial charge in [0.15, 0.2) is 0 Å². The predicted octanol–water partition coefficient (Wildman–Crippen LogP) is 16.3. The van der Waals surface area contributed by atoms with Crippen molar-refractivity contribution in [2.24, 2.45) is 0 Å². The highest BCUT2D eigenvalue weighted by molar-refractivity contribution is 6.34. The van der Waals surface area contributed by atoms with E-state index in [9.17, 15) is 0 Å². The van der Waals surface area contributed by atoms with E-state index in [1.807, 2.05) is 0 Å². The van der Waals surface area contributed by atoms with E-state index < -0.39 is 5.41 Å². The summed E-state index contributed by atoms with van der Waals surface area (Å²) in [5, 5.41) is 18.4. The summed E-state index contributed by atoms with van der Waals surface area (Å²) in [6.45, 7) is 0. The molecule has 1 spiro atoms. The maximum absolute atomic E-state index is 2.49. The van der Waals surface area contributed by atoms with E-state index in [0.29, 0.717) is 0 Å². The minimum atomic E-state index is -0.432. The predicted molar refractivity (Wildman–Crippen MR) is 259 cm³/mol. The van der Waals surface area contributed by atoms with E-state index in [1.165, 1.54) is 142 Å². The summed E-state index contributed by atoms with van der Waals surface area (Å²) in [7, 11) is 0. The summed E-state index contributed by atoms with van der Waals surface area (Å²) in [5.41, 5.74) is 15.6. The van der Waals surface area contributed by atoms with Gasteiger partial charge < -0.3 is 0 Å². The van der Waals surface area contributed by atoms with Gasteiger partial charge >= 0.3 is 0 Å². The lowest BCUT2D eigenvalue weighted by molar-refractivity contribution is 0.802. The Morgan fingerprint density at radius 1 is 0.246 bits per heavy atom. The quantitative estimate of drug-likeness (QED) is 0.154. The normalized spacial score (nSPS) is 13.7. The first kappa shape index (κ1) is 32.1. The lowest BCUT2D eigenvalue weighted by atomic mass is 9.68.